The van der Waals surface area contributed by atoms with Gasteiger partial charge in [0, 0.05) is 17.5 Å². The molecule has 1 rings (SSSR count). The van der Waals surface area contributed by atoms with Crippen molar-refractivity contribution in [2.45, 2.75) is 19.9 Å². The maximum atomic E-state index is 8.40. The first-order valence-electron chi connectivity index (χ1n) is 4.05. The molecule has 4 nitrogen and oxygen atoms in total. The van der Waals surface area contributed by atoms with E-state index >= 15 is 0 Å². The Bertz CT molecular complexity index is 366. The van der Waals surface area contributed by atoms with Gasteiger partial charge in [-0.15, -0.1) is 11.3 Å². The molecule has 0 aliphatic rings. The highest BCUT2D eigenvalue weighted by Crippen LogP contribution is 2.18. The van der Waals surface area contributed by atoms with E-state index in [1.165, 1.54) is 11.3 Å². The molecule has 0 aliphatic carbocycles. The SMILES string of the molecule is CCC(=NCc1cnc(Cl)s1)NC#N. The van der Waals surface area contributed by atoms with Crippen molar-refractivity contribution in [3.05, 3.63) is 15.5 Å². The number of nitrogens with zero attached hydrogens (tertiary/aromatic N) is 3. The molecule has 0 aliphatic heterocycles. The van der Waals surface area contributed by atoms with Crippen molar-refractivity contribution in [1.82, 2.24) is 10.3 Å². The van der Waals surface area contributed by atoms with Crippen LogP contribution in [0.15, 0.2) is 11.2 Å². The lowest BCUT2D eigenvalue weighted by atomic mass is 10.4. The zero-order valence-electron chi connectivity index (χ0n) is 7.62. The molecule has 0 aromatic carbocycles. The Labute approximate surface area is 91.3 Å². The number of nitrogens with one attached hydrogen (secondary N) is 1. The first-order valence-corrected chi connectivity index (χ1v) is 5.24. The van der Waals surface area contributed by atoms with Crippen LogP contribution >= 0.6 is 22.9 Å². The zero-order chi connectivity index (χ0) is 10.4. The summed E-state index contributed by atoms with van der Waals surface area (Å²) in [6.07, 6.45) is 4.24. The minimum absolute atomic E-state index is 0.515. The topological polar surface area (TPSA) is 61.1 Å². The molecule has 0 bridgehead atoms. The van der Waals surface area contributed by atoms with Crippen LogP contribution in [-0.4, -0.2) is 10.8 Å². The van der Waals surface area contributed by atoms with Crippen molar-refractivity contribution >= 4 is 28.8 Å². The van der Waals surface area contributed by atoms with Crippen molar-refractivity contribution in [1.29, 1.82) is 5.26 Å². The van der Waals surface area contributed by atoms with Crippen molar-refractivity contribution in [2.75, 3.05) is 0 Å². The summed E-state index contributed by atoms with van der Waals surface area (Å²) in [4.78, 5) is 9.09. The van der Waals surface area contributed by atoms with Crippen molar-refractivity contribution in [2.24, 2.45) is 4.99 Å². The van der Waals surface area contributed by atoms with Crippen LogP contribution in [-0.2, 0) is 6.54 Å². The van der Waals surface area contributed by atoms with Gasteiger partial charge in [0.15, 0.2) is 10.7 Å². The number of halogens is 1. The van der Waals surface area contributed by atoms with Crippen LogP contribution in [0, 0.1) is 11.5 Å². The summed E-state index contributed by atoms with van der Waals surface area (Å²) < 4.78 is 0.515. The molecule has 0 unspecified atom stereocenters. The molecule has 6 heteroatoms. The van der Waals surface area contributed by atoms with E-state index in [9.17, 15) is 0 Å². The minimum atomic E-state index is 0.515. The largest absolute Gasteiger partial charge is 0.281 e. The fraction of sp³-hybridized carbons (Fsp3) is 0.375. The van der Waals surface area contributed by atoms with Crippen LogP contribution in [0.4, 0.5) is 0 Å². The number of rotatable bonds is 3. The lowest BCUT2D eigenvalue weighted by Crippen LogP contribution is -2.16. The number of aliphatic imine (C=N–C) groups is 1. The maximum Gasteiger partial charge on any atom is 0.183 e. The summed E-state index contributed by atoms with van der Waals surface area (Å²) in [7, 11) is 0. The number of nitriles is 1. The summed E-state index contributed by atoms with van der Waals surface area (Å²) in [6, 6.07) is 0. The van der Waals surface area contributed by atoms with E-state index in [0.29, 0.717) is 23.3 Å². The third-order valence-corrected chi connectivity index (χ3v) is 2.59. The predicted molar refractivity (Wildman–Crippen MR) is 57.3 cm³/mol. The van der Waals surface area contributed by atoms with Crippen LogP contribution in [0.3, 0.4) is 0 Å². The van der Waals surface area contributed by atoms with E-state index in [4.69, 9.17) is 16.9 Å². The van der Waals surface area contributed by atoms with E-state index in [0.717, 1.165) is 4.88 Å². The van der Waals surface area contributed by atoms with Gasteiger partial charge in [-0.25, -0.2) is 4.98 Å². The molecular weight excluding hydrogens is 220 g/mol. The molecule has 0 radical (unpaired) electrons. The number of hydrogen-bond acceptors (Lipinski definition) is 4. The quantitative estimate of drug-likeness (QED) is 0.373. The van der Waals surface area contributed by atoms with Crippen LogP contribution in [0.2, 0.25) is 4.47 Å². The van der Waals surface area contributed by atoms with E-state index in [2.05, 4.69) is 15.3 Å². The minimum Gasteiger partial charge on any atom is -0.281 e. The van der Waals surface area contributed by atoms with Gasteiger partial charge in [0.1, 0.15) is 5.84 Å². The number of aromatic nitrogens is 1. The number of hydrogen-bond donors (Lipinski definition) is 1. The fourth-order valence-electron chi connectivity index (χ4n) is 0.834. The molecule has 0 saturated heterocycles. The van der Waals surface area contributed by atoms with E-state index in [1.54, 1.807) is 6.20 Å². The Kier molecular flexibility index (Phi) is 4.36. The second-order valence-corrected chi connectivity index (χ2v) is 4.13. The Balaban J connectivity index is 2.57. The van der Waals surface area contributed by atoms with Gasteiger partial charge in [0.05, 0.1) is 6.54 Å². The van der Waals surface area contributed by atoms with Gasteiger partial charge in [0.25, 0.3) is 0 Å². The van der Waals surface area contributed by atoms with E-state index in [1.807, 2.05) is 13.1 Å². The highest BCUT2D eigenvalue weighted by Gasteiger charge is 1.99. The molecule has 74 valence electrons. The standard InChI is InChI=1S/C8H9ClN4S/c1-2-7(13-5-10)11-3-6-4-12-8(9)14-6/h4H,2-3H2,1H3,(H,11,13). The van der Waals surface area contributed by atoms with Crippen molar-refractivity contribution < 1.29 is 0 Å². The van der Waals surface area contributed by atoms with Gasteiger partial charge in [-0.05, 0) is 0 Å². The lowest BCUT2D eigenvalue weighted by Gasteiger charge is -1.97. The lowest BCUT2D eigenvalue weighted by molar-refractivity contribution is 1.02. The molecule has 1 N–H and O–H groups in total. The number of amidine groups is 1. The summed E-state index contributed by atoms with van der Waals surface area (Å²) in [6.45, 7) is 2.45. The normalized spacial score (nSPS) is 11.1. The van der Waals surface area contributed by atoms with Gasteiger partial charge in [0.2, 0.25) is 0 Å². The third kappa shape index (κ3) is 3.32. The van der Waals surface area contributed by atoms with Gasteiger partial charge in [-0.3, -0.25) is 10.3 Å². The van der Waals surface area contributed by atoms with Crippen molar-refractivity contribution in [3.63, 3.8) is 0 Å². The molecule has 0 fully saturated rings. The van der Waals surface area contributed by atoms with Gasteiger partial charge >= 0.3 is 0 Å². The van der Waals surface area contributed by atoms with E-state index in [-0.39, 0.29) is 0 Å². The highest BCUT2D eigenvalue weighted by atomic mass is 35.5. The molecule has 1 aromatic rings. The van der Waals surface area contributed by atoms with E-state index < -0.39 is 0 Å². The van der Waals surface area contributed by atoms with Crippen LogP contribution in [0.1, 0.15) is 18.2 Å². The molecule has 0 atom stereocenters. The molecule has 1 heterocycles. The molecular formula is C8H9ClN4S. The van der Waals surface area contributed by atoms with Crippen molar-refractivity contribution in [3.8, 4) is 6.19 Å². The fourth-order valence-corrected chi connectivity index (χ4v) is 1.74. The Morgan fingerprint density at radius 3 is 3.14 bits per heavy atom. The second kappa shape index (κ2) is 5.58. The average Bonchev–Trinajstić information content (AvgIpc) is 2.59. The monoisotopic (exact) mass is 228 g/mol. The highest BCUT2D eigenvalue weighted by molar-refractivity contribution is 7.15. The summed E-state index contributed by atoms with van der Waals surface area (Å²) >= 11 is 7.06. The molecule has 1 aromatic heterocycles. The second-order valence-electron chi connectivity index (χ2n) is 2.43. The Hall–Kier alpha value is -1.12. The molecule has 0 amide bonds. The van der Waals surface area contributed by atoms with Crippen LogP contribution < -0.4 is 5.32 Å². The zero-order valence-corrected chi connectivity index (χ0v) is 9.19. The first-order chi connectivity index (χ1) is 6.76. The number of thiazole rings is 1. The molecule has 0 spiro atoms. The third-order valence-electron chi connectivity index (χ3n) is 1.49. The Morgan fingerprint density at radius 1 is 1.86 bits per heavy atom. The predicted octanol–water partition coefficient (Wildman–Crippen LogP) is 2.18. The van der Waals surface area contributed by atoms with Gasteiger partial charge in [-0.2, -0.15) is 5.26 Å². The summed E-state index contributed by atoms with van der Waals surface area (Å²) in [5, 5.41) is 10.9. The van der Waals surface area contributed by atoms with Crippen LogP contribution in [0.5, 0.6) is 0 Å². The van der Waals surface area contributed by atoms with Gasteiger partial charge < -0.3 is 0 Å². The van der Waals surface area contributed by atoms with Crippen LogP contribution in [0.25, 0.3) is 0 Å². The smallest absolute Gasteiger partial charge is 0.183 e. The summed E-state index contributed by atoms with van der Waals surface area (Å²) in [5.41, 5.74) is 0. The Morgan fingerprint density at radius 2 is 2.64 bits per heavy atom. The first kappa shape index (κ1) is 11.0. The molecule has 14 heavy (non-hydrogen) atoms. The van der Waals surface area contributed by atoms with Gasteiger partial charge in [-0.1, -0.05) is 18.5 Å². The average molecular weight is 229 g/mol. The maximum absolute atomic E-state index is 8.40. The molecule has 0 saturated carbocycles. The summed E-state index contributed by atoms with van der Waals surface area (Å²) in [5.74, 6) is 0.678.